The van der Waals surface area contributed by atoms with Crippen molar-refractivity contribution in [3.05, 3.63) is 53.6 Å². The molecule has 0 aliphatic heterocycles. The Hall–Kier alpha value is -2.45. The summed E-state index contributed by atoms with van der Waals surface area (Å²) < 4.78 is 44.4. The van der Waals surface area contributed by atoms with Crippen LogP contribution in [0.1, 0.15) is 176 Å². The lowest BCUT2D eigenvalue weighted by atomic mass is 10.1. The van der Waals surface area contributed by atoms with Gasteiger partial charge in [0.05, 0.1) is 24.3 Å². The zero-order valence-corrected chi connectivity index (χ0v) is 29.6. The molecule has 46 heavy (non-hydrogen) atoms. The SMILES string of the molecule is CCCCCCCCCCC/C=C/CCOC(=O)c1cccc(S(=O)(=O)O)c1C(=O)OCC/C=C/CCCCCCCCCCC. The molecule has 8 heteroatoms. The monoisotopic (exact) mass is 662 g/mol. The molecule has 0 aliphatic carbocycles. The lowest BCUT2D eigenvalue weighted by molar-refractivity contribution is 0.0460. The number of hydrogen-bond acceptors (Lipinski definition) is 6. The van der Waals surface area contributed by atoms with Crippen molar-refractivity contribution in [2.45, 2.75) is 160 Å². The van der Waals surface area contributed by atoms with Crippen molar-refractivity contribution in [1.82, 2.24) is 0 Å². The first-order valence-electron chi connectivity index (χ1n) is 18.1. The average molecular weight is 663 g/mol. The standard InChI is InChI=1S/C38H62O7S/c1-3-5-7-9-11-13-15-17-19-21-23-25-27-32-44-37(39)34-30-29-31-35(46(41,42)43)36(34)38(40)45-33-28-26-24-22-20-18-16-14-12-10-8-6-4-2/h23-26,29-31H,3-22,27-28,32-33H2,1-2H3,(H,41,42,43)/b25-23+,26-24+. The van der Waals surface area contributed by atoms with Crippen LogP contribution in [0.3, 0.4) is 0 Å². The normalized spacial score (nSPS) is 11.9. The fraction of sp³-hybridized carbons (Fsp3) is 0.684. The Balaban J connectivity index is 2.42. The van der Waals surface area contributed by atoms with E-state index in [1.807, 2.05) is 12.2 Å². The third-order valence-electron chi connectivity index (χ3n) is 8.05. The highest BCUT2D eigenvalue weighted by atomic mass is 32.2. The zero-order chi connectivity index (χ0) is 33.7. The maximum Gasteiger partial charge on any atom is 0.340 e. The number of ether oxygens (including phenoxy) is 2. The van der Waals surface area contributed by atoms with Gasteiger partial charge in [-0.15, -0.1) is 0 Å². The van der Waals surface area contributed by atoms with Crippen molar-refractivity contribution >= 4 is 22.1 Å². The van der Waals surface area contributed by atoms with Gasteiger partial charge in [-0.1, -0.05) is 147 Å². The van der Waals surface area contributed by atoms with Crippen LogP contribution in [-0.4, -0.2) is 38.1 Å². The van der Waals surface area contributed by atoms with Crippen LogP contribution in [0, 0.1) is 0 Å². The number of rotatable bonds is 29. The van der Waals surface area contributed by atoms with E-state index in [2.05, 4.69) is 26.0 Å². The molecule has 0 heterocycles. The van der Waals surface area contributed by atoms with Crippen LogP contribution >= 0.6 is 0 Å². The van der Waals surface area contributed by atoms with E-state index in [9.17, 15) is 22.6 Å². The number of carbonyl (C=O) groups is 2. The van der Waals surface area contributed by atoms with E-state index < -0.39 is 32.5 Å². The molecule has 0 radical (unpaired) electrons. The van der Waals surface area contributed by atoms with E-state index in [4.69, 9.17) is 9.47 Å². The number of esters is 2. The summed E-state index contributed by atoms with van der Waals surface area (Å²) in [7, 11) is -4.78. The van der Waals surface area contributed by atoms with Gasteiger partial charge in [0, 0.05) is 0 Å². The molecule has 1 N–H and O–H groups in total. The van der Waals surface area contributed by atoms with E-state index >= 15 is 0 Å². The van der Waals surface area contributed by atoms with Gasteiger partial charge in [0.15, 0.2) is 0 Å². The Labute approximate surface area is 280 Å². The highest BCUT2D eigenvalue weighted by molar-refractivity contribution is 7.86. The predicted molar refractivity (Wildman–Crippen MR) is 188 cm³/mol. The first-order chi connectivity index (χ1) is 22.3. The van der Waals surface area contributed by atoms with Crippen molar-refractivity contribution in [2.75, 3.05) is 13.2 Å². The van der Waals surface area contributed by atoms with Gasteiger partial charge in [-0.3, -0.25) is 4.55 Å². The summed E-state index contributed by atoms with van der Waals surface area (Å²) in [4.78, 5) is 25.1. The molecule has 0 aliphatic rings. The summed E-state index contributed by atoms with van der Waals surface area (Å²) in [5.74, 6) is -1.83. The van der Waals surface area contributed by atoms with Crippen LogP contribution in [0.25, 0.3) is 0 Å². The fourth-order valence-electron chi connectivity index (χ4n) is 5.33. The van der Waals surface area contributed by atoms with Gasteiger partial charge >= 0.3 is 11.9 Å². The minimum absolute atomic E-state index is 0.0190. The van der Waals surface area contributed by atoms with Gasteiger partial charge in [0.25, 0.3) is 10.1 Å². The number of benzene rings is 1. The van der Waals surface area contributed by atoms with Gasteiger partial charge in [0.1, 0.15) is 4.90 Å². The van der Waals surface area contributed by atoms with Crippen molar-refractivity contribution in [3.8, 4) is 0 Å². The molecule has 0 spiro atoms. The topological polar surface area (TPSA) is 107 Å². The molecule has 1 aromatic carbocycles. The molecule has 0 amide bonds. The van der Waals surface area contributed by atoms with Crippen LogP contribution < -0.4 is 0 Å². The van der Waals surface area contributed by atoms with E-state index in [0.29, 0.717) is 12.8 Å². The van der Waals surface area contributed by atoms with E-state index in [1.165, 1.54) is 115 Å². The minimum Gasteiger partial charge on any atom is -0.462 e. The Morgan fingerprint density at radius 2 is 0.978 bits per heavy atom. The van der Waals surface area contributed by atoms with Gasteiger partial charge in [-0.25, -0.2) is 9.59 Å². The molecule has 0 unspecified atom stereocenters. The fourth-order valence-corrected chi connectivity index (χ4v) is 6.03. The summed E-state index contributed by atoms with van der Waals surface area (Å²) in [5.41, 5.74) is -0.755. The van der Waals surface area contributed by atoms with Crippen LogP contribution in [0.4, 0.5) is 0 Å². The predicted octanol–water partition coefficient (Wildman–Crippen LogP) is 11.0. The van der Waals surface area contributed by atoms with E-state index in [-0.39, 0.29) is 18.8 Å². The van der Waals surface area contributed by atoms with E-state index in [1.54, 1.807) is 0 Å². The Kier molecular flexibility index (Phi) is 25.0. The largest absolute Gasteiger partial charge is 0.462 e. The van der Waals surface area contributed by atoms with Crippen molar-refractivity contribution in [3.63, 3.8) is 0 Å². The number of carbonyl (C=O) groups excluding carboxylic acids is 2. The lowest BCUT2D eigenvalue weighted by Gasteiger charge is -2.12. The highest BCUT2D eigenvalue weighted by Crippen LogP contribution is 2.22. The number of hydrogen-bond donors (Lipinski definition) is 1. The van der Waals surface area contributed by atoms with Gasteiger partial charge in [0.2, 0.25) is 0 Å². The minimum atomic E-state index is -4.78. The first kappa shape index (κ1) is 41.6. The molecule has 0 saturated heterocycles. The Bertz CT molecular complexity index is 1110. The van der Waals surface area contributed by atoms with Gasteiger partial charge in [-0.05, 0) is 50.7 Å². The smallest absolute Gasteiger partial charge is 0.340 e. The zero-order valence-electron chi connectivity index (χ0n) is 28.8. The third kappa shape index (κ3) is 20.6. The first-order valence-corrected chi connectivity index (χ1v) is 19.5. The summed E-state index contributed by atoms with van der Waals surface area (Å²) in [6.45, 7) is 4.57. The maximum absolute atomic E-state index is 12.9. The van der Waals surface area contributed by atoms with Crippen molar-refractivity contribution in [2.24, 2.45) is 0 Å². The van der Waals surface area contributed by atoms with Gasteiger partial charge < -0.3 is 9.47 Å². The number of allylic oxidation sites excluding steroid dienone is 2. The molecular weight excluding hydrogens is 600 g/mol. The summed E-state index contributed by atoms with van der Waals surface area (Å²) in [6.07, 6.45) is 34.0. The van der Waals surface area contributed by atoms with Crippen LogP contribution in [0.2, 0.25) is 0 Å². The summed E-state index contributed by atoms with van der Waals surface area (Å²) in [5, 5.41) is 0. The summed E-state index contributed by atoms with van der Waals surface area (Å²) >= 11 is 0. The molecule has 0 bridgehead atoms. The Morgan fingerprint density at radius 1 is 0.587 bits per heavy atom. The second-order valence-corrected chi connectivity index (χ2v) is 13.6. The molecular formula is C38H62O7S. The second-order valence-electron chi connectivity index (χ2n) is 12.2. The molecule has 262 valence electrons. The molecule has 7 nitrogen and oxygen atoms in total. The highest BCUT2D eigenvalue weighted by Gasteiger charge is 2.28. The van der Waals surface area contributed by atoms with Gasteiger partial charge in [-0.2, -0.15) is 8.42 Å². The van der Waals surface area contributed by atoms with Crippen molar-refractivity contribution in [1.29, 1.82) is 0 Å². The quantitative estimate of drug-likeness (QED) is 0.0393. The molecule has 1 rings (SSSR count). The lowest BCUT2D eigenvalue weighted by Crippen LogP contribution is -2.19. The third-order valence-corrected chi connectivity index (χ3v) is 8.94. The second kappa shape index (κ2) is 27.6. The van der Waals surface area contributed by atoms with E-state index in [0.717, 1.165) is 31.7 Å². The molecule has 0 saturated carbocycles. The molecule has 1 aromatic rings. The Morgan fingerprint density at radius 3 is 1.41 bits per heavy atom. The van der Waals surface area contributed by atoms with Crippen LogP contribution in [0.15, 0.2) is 47.4 Å². The van der Waals surface area contributed by atoms with Crippen molar-refractivity contribution < 1.29 is 32.0 Å². The molecule has 0 atom stereocenters. The number of unbranched alkanes of at least 4 members (excludes halogenated alkanes) is 18. The molecule has 0 aromatic heterocycles. The average Bonchev–Trinajstić information content (AvgIpc) is 3.04. The maximum atomic E-state index is 12.9. The molecule has 0 fully saturated rings. The summed E-state index contributed by atoms with van der Waals surface area (Å²) in [6, 6.07) is 3.66. The van der Waals surface area contributed by atoms with Crippen LogP contribution in [0.5, 0.6) is 0 Å². The van der Waals surface area contributed by atoms with Crippen LogP contribution in [-0.2, 0) is 19.6 Å².